The van der Waals surface area contributed by atoms with Gasteiger partial charge in [-0.2, -0.15) is 0 Å². The number of hydrogen-bond acceptors (Lipinski definition) is 4. The second-order valence-corrected chi connectivity index (χ2v) is 6.45. The highest BCUT2D eigenvalue weighted by atomic mass is 19.1. The summed E-state index contributed by atoms with van der Waals surface area (Å²) in [6.07, 6.45) is 3.50. The predicted octanol–water partition coefficient (Wildman–Crippen LogP) is 3.63. The molecule has 1 aliphatic rings. The molecular weight excluding hydrogens is 343 g/mol. The van der Waals surface area contributed by atoms with Crippen molar-refractivity contribution in [1.82, 2.24) is 15.3 Å². The van der Waals surface area contributed by atoms with Gasteiger partial charge in [0.1, 0.15) is 23.7 Å². The molecule has 5 nitrogen and oxygen atoms in total. The molecule has 1 N–H and O–H groups in total. The minimum absolute atomic E-state index is 0.284. The number of benzene rings is 2. The maximum atomic E-state index is 13.0. The summed E-state index contributed by atoms with van der Waals surface area (Å²) in [6.45, 7) is 1.16. The van der Waals surface area contributed by atoms with Gasteiger partial charge in [-0.05, 0) is 42.2 Å². The standard InChI is InChI=1S/C21H19FN4O/c22-17-9-7-15(8-10-17)13-23-21(27)18-12-20(25-14-24-18)26-11-3-5-16-4-1-2-6-19(16)26/h1-2,4,6-10,12,14H,3,5,11,13H2,(H,23,27). The summed E-state index contributed by atoms with van der Waals surface area (Å²) >= 11 is 0. The SMILES string of the molecule is O=C(NCc1ccc(F)cc1)c1cc(N2CCCc3ccccc32)ncn1. The number of carbonyl (C=O) groups excluding carboxylic acids is 1. The summed E-state index contributed by atoms with van der Waals surface area (Å²) in [7, 11) is 0. The number of anilines is 2. The van der Waals surface area contributed by atoms with Crippen molar-refractivity contribution < 1.29 is 9.18 Å². The Bertz CT molecular complexity index is 958. The van der Waals surface area contributed by atoms with E-state index in [1.54, 1.807) is 18.2 Å². The summed E-state index contributed by atoms with van der Waals surface area (Å²) < 4.78 is 13.0. The molecule has 0 fully saturated rings. The van der Waals surface area contributed by atoms with Crippen LogP contribution in [0.15, 0.2) is 60.9 Å². The van der Waals surface area contributed by atoms with Crippen molar-refractivity contribution >= 4 is 17.4 Å². The van der Waals surface area contributed by atoms with E-state index < -0.39 is 0 Å². The number of nitrogens with zero attached hydrogens (tertiary/aromatic N) is 3. The van der Waals surface area contributed by atoms with E-state index in [1.165, 1.54) is 24.0 Å². The molecule has 136 valence electrons. The van der Waals surface area contributed by atoms with Crippen LogP contribution >= 0.6 is 0 Å². The first-order chi connectivity index (χ1) is 13.2. The Morgan fingerprint density at radius 3 is 2.78 bits per heavy atom. The third-order valence-corrected chi connectivity index (χ3v) is 4.64. The van der Waals surface area contributed by atoms with Gasteiger partial charge in [0.25, 0.3) is 5.91 Å². The summed E-state index contributed by atoms with van der Waals surface area (Å²) in [5, 5.41) is 2.81. The highest BCUT2D eigenvalue weighted by Gasteiger charge is 2.20. The summed E-state index contributed by atoms with van der Waals surface area (Å²) in [4.78, 5) is 23.1. The molecular formula is C21H19FN4O. The first-order valence-electron chi connectivity index (χ1n) is 8.91. The van der Waals surface area contributed by atoms with Crippen molar-refractivity contribution in [2.45, 2.75) is 19.4 Å². The number of fused-ring (bicyclic) bond motifs is 1. The highest BCUT2D eigenvalue weighted by Crippen LogP contribution is 2.32. The number of amides is 1. The Hall–Kier alpha value is -3.28. The average Bonchev–Trinajstić information content (AvgIpc) is 2.73. The van der Waals surface area contributed by atoms with Gasteiger partial charge >= 0.3 is 0 Å². The Kier molecular flexibility index (Phi) is 4.78. The maximum Gasteiger partial charge on any atom is 0.270 e. The second kappa shape index (κ2) is 7.53. The predicted molar refractivity (Wildman–Crippen MR) is 101 cm³/mol. The number of carbonyl (C=O) groups is 1. The molecule has 2 heterocycles. The van der Waals surface area contributed by atoms with E-state index in [0.29, 0.717) is 18.1 Å². The Morgan fingerprint density at radius 2 is 1.93 bits per heavy atom. The van der Waals surface area contributed by atoms with Crippen LogP contribution in [0.2, 0.25) is 0 Å². The first kappa shape index (κ1) is 17.1. The van der Waals surface area contributed by atoms with Crippen molar-refractivity contribution in [2.24, 2.45) is 0 Å². The lowest BCUT2D eigenvalue weighted by molar-refractivity contribution is 0.0946. The Labute approximate surface area is 156 Å². The molecule has 6 heteroatoms. The van der Waals surface area contributed by atoms with Gasteiger partial charge in [0.2, 0.25) is 0 Å². The molecule has 0 unspecified atom stereocenters. The number of hydrogen-bond donors (Lipinski definition) is 1. The number of aromatic nitrogens is 2. The second-order valence-electron chi connectivity index (χ2n) is 6.45. The summed E-state index contributed by atoms with van der Waals surface area (Å²) in [5.74, 6) is 0.129. The molecule has 0 saturated heterocycles. The van der Waals surface area contributed by atoms with Crippen LogP contribution in [0.25, 0.3) is 0 Å². The van der Waals surface area contributed by atoms with E-state index in [-0.39, 0.29) is 11.7 Å². The van der Waals surface area contributed by atoms with Gasteiger partial charge in [0, 0.05) is 24.8 Å². The molecule has 0 atom stereocenters. The van der Waals surface area contributed by atoms with Crippen molar-refractivity contribution in [2.75, 3.05) is 11.4 Å². The molecule has 1 amide bonds. The molecule has 27 heavy (non-hydrogen) atoms. The molecule has 0 spiro atoms. The van der Waals surface area contributed by atoms with Gasteiger partial charge in [-0.15, -0.1) is 0 Å². The van der Waals surface area contributed by atoms with Crippen molar-refractivity contribution in [3.8, 4) is 0 Å². The fourth-order valence-corrected chi connectivity index (χ4v) is 3.27. The van der Waals surface area contributed by atoms with Crippen LogP contribution in [0.5, 0.6) is 0 Å². The quantitative estimate of drug-likeness (QED) is 0.770. The normalized spacial score (nSPS) is 13.1. The van der Waals surface area contributed by atoms with E-state index in [0.717, 1.165) is 30.6 Å². The zero-order valence-corrected chi connectivity index (χ0v) is 14.7. The van der Waals surface area contributed by atoms with Gasteiger partial charge in [-0.1, -0.05) is 30.3 Å². The Morgan fingerprint density at radius 1 is 1.11 bits per heavy atom. The van der Waals surface area contributed by atoms with E-state index in [2.05, 4.69) is 32.3 Å². The van der Waals surface area contributed by atoms with Crippen LogP contribution in [0, 0.1) is 5.82 Å². The van der Waals surface area contributed by atoms with Crippen LogP contribution in [0.3, 0.4) is 0 Å². The number of aryl methyl sites for hydroxylation is 1. The zero-order chi connectivity index (χ0) is 18.6. The highest BCUT2D eigenvalue weighted by molar-refractivity contribution is 5.93. The number of nitrogens with one attached hydrogen (secondary N) is 1. The topological polar surface area (TPSA) is 58.1 Å². The van der Waals surface area contributed by atoms with Crippen LogP contribution in [-0.4, -0.2) is 22.4 Å². The van der Waals surface area contributed by atoms with Crippen molar-refractivity contribution in [3.63, 3.8) is 0 Å². The van der Waals surface area contributed by atoms with E-state index in [9.17, 15) is 9.18 Å². The van der Waals surface area contributed by atoms with Crippen molar-refractivity contribution in [1.29, 1.82) is 0 Å². The molecule has 3 aromatic rings. The molecule has 1 aromatic heterocycles. The lowest BCUT2D eigenvalue weighted by Crippen LogP contribution is -2.27. The lowest BCUT2D eigenvalue weighted by atomic mass is 10.0. The third kappa shape index (κ3) is 3.79. The molecule has 2 aromatic carbocycles. The average molecular weight is 362 g/mol. The van der Waals surface area contributed by atoms with Crippen molar-refractivity contribution in [3.05, 3.63) is 83.6 Å². The van der Waals surface area contributed by atoms with Crippen LogP contribution in [-0.2, 0) is 13.0 Å². The first-order valence-corrected chi connectivity index (χ1v) is 8.91. The van der Waals surface area contributed by atoms with Crippen LogP contribution in [0.4, 0.5) is 15.9 Å². The third-order valence-electron chi connectivity index (χ3n) is 4.64. The van der Waals surface area contributed by atoms with Gasteiger partial charge in [-0.3, -0.25) is 4.79 Å². The van der Waals surface area contributed by atoms with E-state index >= 15 is 0 Å². The van der Waals surface area contributed by atoms with Crippen LogP contribution in [0.1, 0.15) is 28.0 Å². The monoisotopic (exact) mass is 362 g/mol. The molecule has 0 aliphatic carbocycles. The summed E-state index contributed by atoms with van der Waals surface area (Å²) in [5.41, 5.74) is 3.54. The fourth-order valence-electron chi connectivity index (χ4n) is 3.27. The zero-order valence-electron chi connectivity index (χ0n) is 14.7. The molecule has 0 radical (unpaired) electrons. The molecule has 1 aliphatic heterocycles. The van der Waals surface area contributed by atoms with Gasteiger partial charge < -0.3 is 10.2 Å². The van der Waals surface area contributed by atoms with Gasteiger partial charge in [-0.25, -0.2) is 14.4 Å². The Balaban J connectivity index is 1.51. The molecule has 0 saturated carbocycles. The van der Waals surface area contributed by atoms with E-state index in [1.807, 2.05) is 12.1 Å². The largest absolute Gasteiger partial charge is 0.347 e. The van der Waals surface area contributed by atoms with Gasteiger partial charge in [0.05, 0.1) is 0 Å². The fraction of sp³-hybridized carbons (Fsp3) is 0.190. The minimum Gasteiger partial charge on any atom is -0.347 e. The maximum absolute atomic E-state index is 13.0. The number of para-hydroxylation sites is 1. The summed E-state index contributed by atoms with van der Waals surface area (Å²) in [6, 6.07) is 16.0. The van der Waals surface area contributed by atoms with E-state index in [4.69, 9.17) is 0 Å². The van der Waals surface area contributed by atoms with Crippen LogP contribution < -0.4 is 10.2 Å². The molecule has 0 bridgehead atoms. The molecule has 4 rings (SSSR count). The minimum atomic E-state index is -0.299. The lowest BCUT2D eigenvalue weighted by Gasteiger charge is -2.30. The number of halogens is 1. The number of rotatable bonds is 4. The van der Waals surface area contributed by atoms with Gasteiger partial charge in [0.15, 0.2) is 0 Å². The smallest absolute Gasteiger partial charge is 0.270 e.